The highest BCUT2D eigenvalue weighted by molar-refractivity contribution is 7.89. The minimum absolute atomic E-state index is 0.0314. The summed E-state index contributed by atoms with van der Waals surface area (Å²) in [5, 5.41) is 3.75. The molecule has 118 valence electrons. The Bertz CT molecular complexity index is 620. The summed E-state index contributed by atoms with van der Waals surface area (Å²) in [5.41, 5.74) is 0.728. The summed E-state index contributed by atoms with van der Waals surface area (Å²) >= 11 is 12.2. The third-order valence-electron chi connectivity index (χ3n) is 3.71. The second-order valence-electron chi connectivity index (χ2n) is 5.29. The largest absolute Gasteiger partial charge is 0.313 e. The van der Waals surface area contributed by atoms with E-state index in [0.717, 1.165) is 24.9 Å². The molecular weight excluding hydrogens is 331 g/mol. The number of nitrogens with one attached hydrogen (secondary N) is 2. The number of halogens is 2. The summed E-state index contributed by atoms with van der Waals surface area (Å²) in [4.78, 5) is 0.100. The number of sulfonamides is 1. The van der Waals surface area contributed by atoms with E-state index < -0.39 is 10.0 Å². The fourth-order valence-corrected chi connectivity index (χ4v) is 4.46. The van der Waals surface area contributed by atoms with E-state index in [0.29, 0.717) is 17.5 Å². The van der Waals surface area contributed by atoms with Crippen molar-refractivity contribution in [1.29, 1.82) is 0 Å². The van der Waals surface area contributed by atoms with Crippen LogP contribution in [0.1, 0.15) is 32.3 Å². The average Bonchev–Trinajstić information content (AvgIpc) is 3.15. The normalized spacial score (nSPS) is 21.5. The summed E-state index contributed by atoms with van der Waals surface area (Å²) in [5.74, 6) is 0.437. The molecule has 1 aromatic rings. The van der Waals surface area contributed by atoms with E-state index in [9.17, 15) is 8.42 Å². The molecule has 2 atom stereocenters. The monoisotopic (exact) mass is 350 g/mol. The van der Waals surface area contributed by atoms with E-state index in [-0.39, 0.29) is 16.0 Å². The van der Waals surface area contributed by atoms with Crippen LogP contribution in [0, 0.1) is 5.92 Å². The average molecular weight is 351 g/mol. The van der Waals surface area contributed by atoms with Gasteiger partial charge in [-0.25, -0.2) is 13.1 Å². The van der Waals surface area contributed by atoms with Crippen molar-refractivity contribution in [3.63, 3.8) is 0 Å². The van der Waals surface area contributed by atoms with Crippen molar-refractivity contribution >= 4 is 33.2 Å². The Balaban J connectivity index is 2.25. The predicted molar refractivity (Wildman–Crippen MR) is 86.4 cm³/mol. The third-order valence-corrected chi connectivity index (χ3v) is 6.02. The molecule has 1 aliphatic rings. The smallest absolute Gasteiger partial charge is 0.242 e. The predicted octanol–water partition coefficient (Wildman–Crippen LogP) is 3.18. The molecule has 4 nitrogen and oxygen atoms in total. The Morgan fingerprint density at radius 3 is 2.52 bits per heavy atom. The fourth-order valence-electron chi connectivity index (χ4n) is 2.28. The molecule has 0 radical (unpaired) electrons. The summed E-state index contributed by atoms with van der Waals surface area (Å²) in [6.07, 6.45) is 1.87. The van der Waals surface area contributed by atoms with Crippen LogP contribution in [-0.2, 0) is 16.6 Å². The molecule has 2 rings (SSSR count). The third kappa shape index (κ3) is 4.11. The van der Waals surface area contributed by atoms with Crippen molar-refractivity contribution in [2.24, 2.45) is 5.92 Å². The highest BCUT2D eigenvalue weighted by Crippen LogP contribution is 2.36. The van der Waals surface area contributed by atoms with Crippen LogP contribution in [0.25, 0.3) is 0 Å². The zero-order valence-corrected chi connectivity index (χ0v) is 14.4. The zero-order chi connectivity index (χ0) is 15.6. The Morgan fingerprint density at radius 1 is 1.24 bits per heavy atom. The first-order valence-electron chi connectivity index (χ1n) is 7.10. The molecule has 1 saturated carbocycles. The van der Waals surface area contributed by atoms with Gasteiger partial charge in [-0.3, -0.25) is 0 Å². The molecule has 1 aromatic carbocycles. The van der Waals surface area contributed by atoms with E-state index in [4.69, 9.17) is 23.2 Å². The molecule has 0 spiro atoms. The second-order valence-corrected chi connectivity index (χ2v) is 7.78. The van der Waals surface area contributed by atoms with E-state index in [1.54, 1.807) is 6.07 Å². The summed E-state index contributed by atoms with van der Waals surface area (Å²) in [7, 11) is -3.60. The molecule has 0 aliphatic heterocycles. The maximum absolute atomic E-state index is 12.4. The van der Waals surface area contributed by atoms with Crippen molar-refractivity contribution in [2.75, 3.05) is 6.54 Å². The van der Waals surface area contributed by atoms with Crippen molar-refractivity contribution in [2.45, 2.75) is 44.2 Å². The summed E-state index contributed by atoms with van der Waals surface area (Å²) in [6.45, 7) is 5.32. The number of benzene rings is 1. The first kappa shape index (κ1) is 17.0. The molecule has 0 aromatic heterocycles. The van der Waals surface area contributed by atoms with E-state index in [2.05, 4.69) is 17.0 Å². The van der Waals surface area contributed by atoms with Gasteiger partial charge in [0.05, 0.1) is 5.02 Å². The number of hydrogen-bond acceptors (Lipinski definition) is 3. The van der Waals surface area contributed by atoms with Crippen LogP contribution in [0.5, 0.6) is 0 Å². The first-order chi connectivity index (χ1) is 9.89. The Morgan fingerprint density at radius 2 is 1.95 bits per heavy atom. The van der Waals surface area contributed by atoms with E-state index in [1.807, 2.05) is 6.92 Å². The number of rotatable bonds is 7. The molecule has 0 amide bonds. The van der Waals surface area contributed by atoms with Crippen molar-refractivity contribution < 1.29 is 8.42 Å². The lowest BCUT2D eigenvalue weighted by molar-refractivity contribution is 0.575. The molecule has 7 heteroatoms. The number of hydrogen-bond donors (Lipinski definition) is 2. The summed E-state index contributed by atoms with van der Waals surface area (Å²) in [6, 6.07) is 3.08. The van der Waals surface area contributed by atoms with Crippen LogP contribution < -0.4 is 10.0 Å². The van der Waals surface area contributed by atoms with Gasteiger partial charge in [-0.15, -0.1) is 0 Å². The molecule has 0 saturated heterocycles. The van der Waals surface area contributed by atoms with Gasteiger partial charge in [0.1, 0.15) is 4.90 Å². The van der Waals surface area contributed by atoms with Crippen molar-refractivity contribution in [3.8, 4) is 0 Å². The van der Waals surface area contributed by atoms with Gasteiger partial charge >= 0.3 is 0 Å². The Labute approximate surface area is 136 Å². The maximum atomic E-state index is 12.4. The lowest BCUT2D eigenvalue weighted by atomic mass is 10.2. The molecule has 21 heavy (non-hydrogen) atoms. The van der Waals surface area contributed by atoms with Gasteiger partial charge < -0.3 is 5.32 Å². The van der Waals surface area contributed by atoms with Gasteiger partial charge in [0, 0.05) is 17.6 Å². The first-order valence-corrected chi connectivity index (χ1v) is 9.33. The molecule has 2 N–H and O–H groups in total. The molecule has 1 aliphatic carbocycles. The highest BCUT2D eigenvalue weighted by Gasteiger charge is 2.39. The standard InChI is InChI=1S/C14H20Cl2N2O2S/c1-3-9-5-13(9)18-21(19,20)14-6-10(8-17-4-2)11(15)7-12(14)16/h6-7,9,13,17-18H,3-5,8H2,1-2H3. The van der Waals surface area contributed by atoms with Gasteiger partial charge in [-0.2, -0.15) is 0 Å². The SMILES string of the molecule is CCNCc1cc(S(=O)(=O)NC2CC2CC)c(Cl)cc1Cl. The van der Waals surface area contributed by atoms with Crippen LogP contribution in [0.3, 0.4) is 0 Å². The topological polar surface area (TPSA) is 58.2 Å². The lowest BCUT2D eigenvalue weighted by Crippen LogP contribution is -2.27. The summed E-state index contributed by atoms with van der Waals surface area (Å²) < 4.78 is 27.6. The molecule has 0 bridgehead atoms. The van der Waals surface area contributed by atoms with Crippen LogP contribution >= 0.6 is 23.2 Å². The quantitative estimate of drug-likeness (QED) is 0.793. The zero-order valence-electron chi connectivity index (χ0n) is 12.1. The molecule has 2 unspecified atom stereocenters. The van der Waals surface area contributed by atoms with Crippen molar-refractivity contribution in [1.82, 2.24) is 10.0 Å². The van der Waals surface area contributed by atoms with Gasteiger partial charge in [0.15, 0.2) is 0 Å². The van der Waals surface area contributed by atoms with Gasteiger partial charge in [0.2, 0.25) is 10.0 Å². The van der Waals surface area contributed by atoms with E-state index in [1.165, 1.54) is 6.07 Å². The van der Waals surface area contributed by atoms with Crippen LogP contribution in [0.2, 0.25) is 10.0 Å². The molecule has 1 fully saturated rings. The molecule has 0 heterocycles. The fraction of sp³-hybridized carbons (Fsp3) is 0.571. The van der Waals surface area contributed by atoms with Crippen LogP contribution in [-0.4, -0.2) is 21.0 Å². The molecular formula is C14H20Cl2N2O2S. The minimum Gasteiger partial charge on any atom is -0.313 e. The van der Waals surface area contributed by atoms with Gasteiger partial charge in [-0.05, 0) is 36.6 Å². The minimum atomic E-state index is -3.60. The van der Waals surface area contributed by atoms with E-state index >= 15 is 0 Å². The van der Waals surface area contributed by atoms with Crippen molar-refractivity contribution in [3.05, 3.63) is 27.7 Å². The maximum Gasteiger partial charge on any atom is 0.242 e. The lowest BCUT2D eigenvalue weighted by Gasteiger charge is -2.12. The van der Waals surface area contributed by atoms with Gasteiger partial charge in [0.25, 0.3) is 0 Å². The Hall–Kier alpha value is -0.330. The van der Waals surface area contributed by atoms with Gasteiger partial charge in [-0.1, -0.05) is 43.5 Å². The van der Waals surface area contributed by atoms with Crippen LogP contribution in [0.4, 0.5) is 0 Å². The van der Waals surface area contributed by atoms with Crippen LogP contribution in [0.15, 0.2) is 17.0 Å². The highest BCUT2D eigenvalue weighted by atomic mass is 35.5. The second kappa shape index (κ2) is 6.84. The Kier molecular flexibility index (Phi) is 5.54.